The second-order valence-electron chi connectivity index (χ2n) is 8.51. The molecule has 0 atom stereocenters. The molecule has 5 rings (SSSR count). The third kappa shape index (κ3) is 4.13. The molecule has 4 heterocycles. The second kappa shape index (κ2) is 8.77. The van der Waals surface area contributed by atoms with Crippen molar-refractivity contribution in [3.63, 3.8) is 0 Å². The maximum atomic E-state index is 15.0. The number of nitrogens with zero attached hydrogens (tertiary/aromatic N) is 5. The van der Waals surface area contributed by atoms with Gasteiger partial charge in [0.2, 0.25) is 0 Å². The summed E-state index contributed by atoms with van der Waals surface area (Å²) in [7, 11) is 0. The largest absolute Gasteiger partial charge is 0.356 e. The molecular formula is C25H26F2N6. The molecule has 0 bridgehead atoms. The van der Waals surface area contributed by atoms with Gasteiger partial charge in [-0.05, 0) is 55.5 Å². The molecule has 0 saturated carbocycles. The van der Waals surface area contributed by atoms with Crippen LogP contribution in [0.5, 0.6) is 0 Å². The van der Waals surface area contributed by atoms with E-state index in [9.17, 15) is 4.39 Å². The van der Waals surface area contributed by atoms with Crippen molar-refractivity contribution in [2.75, 3.05) is 23.3 Å². The molecule has 1 N–H and O–H groups in total. The number of hydrogen-bond donors (Lipinski definition) is 1. The first-order chi connectivity index (χ1) is 16.0. The molecule has 0 amide bonds. The highest BCUT2D eigenvalue weighted by Gasteiger charge is 2.25. The third-order valence-corrected chi connectivity index (χ3v) is 6.34. The highest BCUT2D eigenvalue weighted by atomic mass is 19.1. The van der Waals surface area contributed by atoms with E-state index in [0.717, 1.165) is 43.7 Å². The Kier molecular flexibility index (Phi) is 5.66. The van der Waals surface area contributed by atoms with Crippen molar-refractivity contribution in [3.8, 4) is 0 Å². The average Bonchev–Trinajstić information content (AvgIpc) is 3.18. The van der Waals surface area contributed by atoms with Crippen LogP contribution in [0.4, 0.5) is 26.1 Å². The quantitative estimate of drug-likeness (QED) is 0.433. The zero-order valence-electron chi connectivity index (χ0n) is 18.7. The van der Waals surface area contributed by atoms with Gasteiger partial charge in [-0.1, -0.05) is 19.1 Å². The number of piperidine rings is 1. The van der Waals surface area contributed by atoms with Crippen LogP contribution in [0.1, 0.15) is 36.9 Å². The van der Waals surface area contributed by atoms with Gasteiger partial charge < -0.3 is 14.8 Å². The Balaban J connectivity index is 1.38. The smallest absolute Gasteiger partial charge is 0.154 e. The fourth-order valence-electron chi connectivity index (χ4n) is 4.45. The summed E-state index contributed by atoms with van der Waals surface area (Å²) in [5.74, 6) is 0.411. The van der Waals surface area contributed by atoms with Gasteiger partial charge in [-0.2, -0.15) is 0 Å². The van der Waals surface area contributed by atoms with Crippen molar-refractivity contribution in [1.29, 1.82) is 0 Å². The summed E-state index contributed by atoms with van der Waals surface area (Å²) < 4.78 is 31.3. The predicted octanol–water partition coefficient (Wildman–Crippen LogP) is 5.56. The summed E-state index contributed by atoms with van der Waals surface area (Å²) in [5.41, 5.74) is 2.80. The van der Waals surface area contributed by atoms with Gasteiger partial charge in [0.1, 0.15) is 29.4 Å². The molecule has 6 nitrogen and oxygen atoms in total. The number of fused-ring (bicyclic) bond motifs is 1. The van der Waals surface area contributed by atoms with Gasteiger partial charge in [0.25, 0.3) is 0 Å². The molecule has 1 saturated heterocycles. The fraction of sp³-hybridized carbons (Fsp3) is 0.320. The maximum absolute atomic E-state index is 15.0. The number of nitrogens with one attached hydrogen (secondary N) is 1. The summed E-state index contributed by atoms with van der Waals surface area (Å²) >= 11 is 0. The molecule has 170 valence electrons. The number of aromatic nitrogens is 4. The molecule has 8 heteroatoms. The van der Waals surface area contributed by atoms with Gasteiger partial charge >= 0.3 is 0 Å². The van der Waals surface area contributed by atoms with Crippen molar-refractivity contribution in [2.24, 2.45) is 0 Å². The predicted molar refractivity (Wildman–Crippen MR) is 126 cm³/mol. The number of hydrogen-bond acceptors (Lipinski definition) is 5. The molecule has 1 aromatic carbocycles. The first-order valence-electron chi connectivity index (χ1n) is 11.3. The molecule has 0 aliphatic carbocycles. The summed E-state index contributed by atoms with van der Waals surface area (Å²) in [6, 6.07) is 9.15. The lowest BCUT2D eigenvalue weighted by molar-refractivity contribution is 0.400. The van der Waals surface area contributed by atoms with E-state index < -0.39 is 11.6 Å². The Morgan fingerprint density at radius 3 is 2.55 bits per heavy atom. The van der Waals surface area contributed by atoms with E-state index in [1.54, 1.807) is 12.1 Å². The lowest BCUT2D eigenvalue weighted by Gasteiger charge is -2.33. The number of pyridine rings is 1. The van der Waals surface area contributed by atoms with E-state index in [1.165, 1.54) is 24.2 Å². The van der Waals surface area contributed by atoms with Crippen molar-refractivity contribution in [1.82, 2.24) is 19.5 Å². The summed E-state index contributed by atoms with van der Waals surface area (Å²) in [6.45, 7) is 5.59. The van der Waals surface area contributed by atoms with Crippen LogP contribution in [0, 0.1) is 18.6 Å². The second-order valence-corrected chi connectivity index (χ2v) is 8.51. The topological polar surface area (TPSA) is 58.9 Å². The van der Waals surface area contributed by atoms with Gasteiger partial charge in [0.05, 0.1) is 11.1 Å². The van der Waals surface area contributed by atoms with E-state index in [2.05, 4.69) is 44.2 Å². The van der Waals surface area contributed by atoms with Crippen LogP contribution in [-0.4, -0.2) is 32.6 Å². The molecule has 1 aliphatic heterocycles. The van der Waals surface area contributed by atoms with Crippen LogP contribution in [-0.2, 0) is 6.42 Å². The molecule has 33 heavy (non-hydrogen) atoms. The SMILES string of the molecule is CCc1ccc(N2CCC(n3cc(F)c4c(Nc5ccc(C)cc5F)ncnc43)CC2)nc1. The molecule has 3 aromatic heterocycles. The molecule has 4 aromatic rings. The Bertz CT molecular complexity index is 1280. The number of aryl methyl sites for hydroxylation is 2. The molecule has 1 aliphatic rings. The van der Waals surface area contributed by atoms with Gasteiger partial charge in [-0.3, -0.25) is 0 Å². The van der Waals surface area contributed by atoms with Crippen LogP contribution in [0.25, 0.3) is 11.0 Å². The zero-order chi connectivity index (χ0) is 22.9. The summed E-state index contributed by atoms with van der Waals surface area (Å²) in [5, 5.41) is 3.22. The van der Waals surface area contributed by atoms with Crippen molar-refractivity contribution < 1.29 is 8.78 Å². The normalized spacial score (nSPS) is 14.7. The Morgan fingerprint density at radius 2 is 1.85 bits per heavy atom. The Morgan fingerprint density at radius 1 is 1.03 bits per heavy atom. The monoisotopic (exact) mass is 448 g/mol. The Hall–Kier alpha value is -3.55. The number of anilines is 3. The van der Waals surface area contributed by atoms with Crippen LogP contribution in [0.2, 0.25) is 0 Å². The lowest BCUT2D eigenvalue weighted by atomic mass is 10.0. The van der Waals surface area contributed by atoms with Gasteiger partial charge in [-0.15, -0.1) is 0 Å². The standard InChI is InChI=1S/C25H26F2N6/c1-3-17-5-7-22(28-13-17)32-10-8-18(9-11-32)33-14-20(27)23-24(29-15-30-25(23)33)31-21-6-4-16(2)12-19(21)26/h4-7,12-15,18H,3,8-11H2,1-2H3,(H,29,30,31). The van der Waals surface area contributed by atoms with Crippen LogP contribution < -0.4 is 10.2 Å². The minimum Gasteiger partial charge on any atom is -0.356 e. The highest BCUT2D eigenvalue weighted by Crippen LogP contribution is 2.33. The highest BCUT2D eigenvalue weighted by molar-refractivity contribution is 5.90. The van der Waals surface area contributed by atoms with Crippen LogP contribution >= 0.6 is 0 Å². The fourth-order valence-corrected chi connectivity index (χ4v) is 4.45. The lowest BCUT2D eigenvalue weighted by Crippen LogP contribution is -2.35. The van der Waals surface area contributed by atoms with E-state index in [4.69, 9.17) is 0 Å². The zero-order valence-corrected chi connectivity index (χ0v) is 18.7. The number of benzene rings is 1. The first kappa shape index (κ1) is 21.3. The van der Waals surface area contributed by atoms with E-state index >= 15 is 4.39 Å². The van der Waals surface area contributed by atoms with Gasteiger partial charge in [0, 0.05) is 31.5 Å². The van der Waals surface area contributed by atoms with Gasteiger partial charge in [-0.25, -0.2) is 23.7 Å². The summed E-state index contributed by atoms with van der Waals surface area (Å²) in [6.07, 6.45) is 7.47. The molecule has 0 spiro atoms. The summed E-state index contributed by atoms with van der Waals surface area (Å²) in [4.78, 5) is 15.4. The van der Waals surface area contributed by atoms with E-state index in [-0.39, 0.29) is 22.9 Å². The molecule has 0 radical (unpaired) electrons. The molecule has 1 fully saturated rings. The van der Waals surface area contributed by atoms with Crippen molar-refractivity contribution in [3.05, 3.63) is 71.8 Å². The number of rotatable bonds is 5. The molecular weight excluding hydrogens is 422 g/mol. The Labute approximate surface area is 191 Å². The first-order valence-corrected chi connectivity index (χ1v) is 11.3. The van der Waals surface area contributed by atoms with E-state index in [0.29, 0.717) is 5.65 Å². The molecule has 0 unspecified atom stereocenters. The average molecular weight is 449 g/mol. The van der Waals surface area contributed by atoms with Crippen LogP contribution in [0.15, 0.2) is 49.1 Å². The van der Waals surface area contributed by atoms with Crippen LogP contribution in [0.3, 0.4) is 0 Å². The number of halogens is 2. The van der Waals surface area contributed by atoms with Crippen molar-refractivity contribution in [2.45, 2.75) is 39.2 Å². The minimum absolute atomic E-state index is 0.113. The van der Waals surface area contributed by atoms with Crippen molar-refractivity contribution >= 4 is 28.4 Å². The minimum atomic E-state index is -0.417. The third-order valence-electron chi connectivity index (χ3n) is 6.34. The van der Waals surface area contributed by atoms with E-state index in [1.807, 2.05) is 17.7 Å². The maximum Gasteiger partial charge on any atom is 0.154 e. The van der Waals surface area contributed by atoms with Gasteiger partial charge in [0.15, 0.2) is 5.82 Å².